The number of aryl methyl sites for hydroxylation is 1. The van der Waals surface area contributed by atoms with Crippen LogP contribution in [0, 0.1) is 6.92 Å². The number of amides is 2. The van der Waals surface area contributed by atoms with E-state index in [2.05, 4.69) is 0 Å². The number of nitrogen functional groups attached to an aromatic ring is 1. The first-order chi connectivity index (χ1) is 11.5. The summed E-state index contributed by atoms with van der Waals surface area (Å²) in [6.45, 7) is 4.34. The number of carbonyl (C=O) groups is 2. The van der Waals surface area contributed by atoms with E-state index in [4.69, 9.17) is 5.73 Å². The number of nitrogens with two attached hydrogens (primary N) is 1. The molecule has 0 saturated carbocycles. The first-order valence-corrected chi connectivity index (χ1v) is 8.82. The van der Waals surface area contributed by atoms with Gasteiger partial charge in [-0.2, -0.15) is 0 Å². The molecule has 24 heavy (non-hydrogen) atoms. The van der Waals surface area contributed by atoms with Crippen molar-refractivity contribution in [3.63, 3.8) is 0 Å². The van der Waals surface area contributed by atoms with Gasteiger partial charge in [-0.05, 0) is 36.8 Å². The summed E-state index contributed by atoms with van der Waals surface area (Å²) in [5.74, 6) is 0.164. The lowest BCUT2D eigenvalue weighted by molar-refractivity contribution is -0.131. The summed E-state index contributed by atoms with van der Waals surface area (Å²) < 4.78 is 0. The zero-order valence-corrected chi connectivity index (χ0v) is 14.5. The number of benzene rings is 1. The van der Waals surface area contributed by atoms with Gasteiger partial charge in [0.05, 0.1) is 11.3 Å². The molecule has 6 heteroatoms. The zero-order chi connectivity index (χ0) is 17.1. The number of piperazine rings is 1. The average Bonchev–Trinajstić information content (AvgIpc) is 3.03. The van der Waals surface area contributed by atoms with Gasteiger partial charge in [0.2, 0.25) is 5.91 Å². The second-order valence-corrected chi connectivity index (χ2v) is 7.29. The van der Waals surface area contributed by atoms with E-state index in [0.29, 0.717) is 38.3 Å². The Morgan fingerprint density at radius 1 is 1.00 bits per heavy atom. The molecular formula is C18H21N3O2S. The molecule has 1 fully saturated rings. The van der Waals surface area contributed by atoms with E-state index in [1.54, 1.807) is 0 Å². The number of nitrogens with zero attached hydrogens (tertiary/aromatic N) is 2. The maximum atomic E-state index is 12.4. The largest absolute Gasteiger partial charge is 0.399 e. The minimum atomic E-state index is 0.0683. The fourth-order valence-corrected chi connectivity index (χ4v) is 3.62. The summed E-state index contributed by atoms with van der Waals surface area (Å²) in [4.78, 5) is 30.4. The Kier molecular flexibility index (Phi) is 4.85. The normalized spacial score (nSPS) is 14.7. The van der Waals surface area contributed by atoms with Crippen LogP contribution in [0.3, 0.4) is 0 Å². The highest BCUT2D eigenvalue weighted by Gasteiger charge is 2.25. The Morgan fingerprint density at radius 3 is 2.21 bits per heavy atom. The van der Waals surface area contributed by atoms with Crippen molar-refractivity contribution in [2.45, 2.75) is 13.3 Å². The van der Waals surface area contributed by atoms with Crippen molar-refractivity contribution in [3.8, 4) is 0 Å². The van der Waals surface area contributed by atoms with E-state index in [1.807, 2.05) is 53.1 Å². The molecule has 2 heterocycles. The monoisotopic (exact) mass is 343 g/mol. The molecule has 2 amide bonds. The third-order valence-electron chi connectivity index (χ3n) is 4.21. The molecule has 1 aliphatic heterocycles. The lowest BCUT2D eigenvalue weighted by Gasteiger charge is -2.34. The molecule has 1 aliphatic rings. The summed E-state index contributed by atoms with van der Waals surface area (Å²) >= 11 is 1.52. The first kappa shape index (κ1) is 16.5. The molecule has 1 saturated heterocycles. The summed E-state index contributed by atoms with van der Waals surface area (Å²) in [5, 5.41) is 0. The van der Waals surface area contributed by atoms with Crippen LogP contribution in [0.15, 0.2) is 36.4 Å². The quantitative estimate of drug-likeness (QED) is 0.869. The van der Waals surface area contributed by atoms with Crippen molar-refractivity contribution in [2.75, 3.05) is 31.9 Å². The van der Waals surface area contributed by atoms with E-state index < -0.39 is 0 Å². The van der Waals surface area contributed by atoms with Crippen LogP contribution < -0.4 is 5.73 Å². The second-order valence-electron chi connectivity index (χ2n) is 6.00. The van der Waals surface area contributed by atoms with E-state index in [9.17, 15) is 9.59 Å². The summed E-state index contributed by atoms with van der Waals surface area (Å²) in [5.41, 5.74) is 7.32. The number of hydrogen-bond acceptors (Lipinski definition) is 4. The van der Waals surface area contributed by atoms with Crippen molar-refractivity contribution in [1.82, 2.24) is 9.80 Å². The van der Waals surface area contributed by atoms with Gasteiger partial charge < -0.3 is 15.5 Å². The molecule has 2 aromatic rings. The summed E-state index contributed by atoms with van der Waals surface area (Å²) in [6, 6.07) is 11.2. The van der Waals surface area contributed by atoms with Crippen molar-refractivity contribution in [3.05, 3.63) is 51.7 Å². The molecular weight excluding hydrogens is 322 g/mol. The smallest absolute Gasteiger partial charge is 0.264 e. The number of thiophene rings is 1. The minimum absolute atomic E-state index is 0.0683. The Hall–Kier alpha value is -2.34. The molecule has 0 unspecified atom stereocenters. The van der Waals surface area contributed by atoms with Gasteiger partial charge in [-0.15, -0.1) is 11.3 Å². The minimum Gasteiger partial charge on any atom is -0.399 e. The van der Waals surface area contributed by atoms with Crippen molar-refractivity contribution in [2.24, 2.45) is 0 Å². The van der Waals surface area contributed by atoms with E-state index >= 15 is 0 Å². The molecule has 0 aliphatic carbocycles. The summed E-state index contributed by atoms with van der Waals surface area (Å²) in [7, 11) is 0. The van der Waals surface area contributed by atoms with Gasteiger partial charge in [0, 0.05) is 36.7 Å². The molecule has 5 nitrogen and oxygen atoms in total. The van der Waals surface area contributed by atoms with Gasteiger partial charge in [0.15, 0.2) is 0 Å². The van der Waals surface area contributed by atoms with Gasteiger partial charge in [-0.1, -0.05) is 12.1 Å². The summed E-state index contributed by atoms with van der Waals surface area (Å²) in [6.07, 6.45) is 0.373. The standard InChI is InChI=1S/C18H21N3O2S/c1-13-2-7-16(24-13)18(23)21-10-8-20(9-11-21)17(22)12-14-3-5-15(19)6-4-14/h2-7H,8-12,19H2,1H3. The Labute approximate surface area is 145 Å². The molecule has 0 radical (unpaired) electrons. The van der Waals surface area contributed by atoms with Gasteiger partial charge in [0.1, 0.15) is 0 Å². The van der Waals surface area contributed by atoms with Crippen LogP contribution in [0.25, 0.3) is 0 Å². The van der Waals surface area contributed by atoms with Crippen LogP contribution in [0.2, 0.25) is 0 Å². The molecule has 1 aromatic carbocycles. The number of hydrogen-bond donors (Lipinski definition) is 1. The van der Waals surface area contributed by atoms with Crippen LogP contribution in [-0.2, 0) is 11.2 Å². The fourth-order valence-electron chi connectivity index (χ4n) is 2.79. The highest BCUT2D eigenvalue weighted by molar-refractivity contribution is 7.13. The molecule has 1 aromatic heterocycles. The van der Waals surface area contributed by atoms with Crippen LogP contribution in [0.5, 0.6) is 0 Å². The first-order valence-electron chi connectivity index (χ1n) is 8.01. The SMILES string of the molecule is Cc1ccc(C(=O)N2CCN(C(=O)Cc3ccc(N)cc3)CC2)s1. The van der Waals surface area contributed by atoms with Gasteiger partial charge in [-0.25, -0.2) is 0 Å². The van der Waals surface area contributed by atoms with Crippen LogP contribution >= 0.6 is 11.3 Å². The second kappa shape index (κ2) is 7.05. The predicted octanol–water partition coefficient (Wildman–Crippen LogP) is 2.17. The van der Waals surface area contributed by atoms with Crippen LogP contribution in [0.1, 0.15) is 20.1 Å². The number of carbonyl (C=O) groups excluding carboxylic acids is 2. The maximum Gasteiger partial charge on any atom is 0.264 e. The molecule has 0 spiro atoms. The van der Waals surface area contributed by atoms with Crippen molar-refractivity contribution < 1.29 is 9.59 Å². The molecule has 3 rings (SSSR count). The highest BCUT2D eigenvalue weighted by Crippen LogP contribution is 2.18. The van der Waals surface area contributed by atoms with Crippen molar-refractivity contribution in [1.29, 1.82) is 0 Å². The Bertz CT molecular complexity index is 731. The number of rotatable bonds is 3. The topological polar surface area (TPSA) is 66.6 Å². The van der Waals surface area contributed by atoms with E-state index in [-0.39, 0.29) is 11.8 Å². The predicted molar refractivity (Wildman–Crippen MR) is 96.1 cm³/mol. The molecule has 0 atom stereocenters. The molecule has 2 N–H and O–H groups in total. The van der Waals surface area contributed by atoms with E-state index in [1.165, 1.54) is 11.3 Å². The molecule has 0 bridgehead atoms. The van der Waals surface area contributed by atoms with Gasteiger partial charge >= 0.3 is 0 Å². The van der Waals surface area contributed by atoms with Gasteiger partial charge in [0.25, 0.3) is 5.91 Å². The maximum absolute atomic E-state index is 12.4. The Balaban J connectivity index is 1.53. The van der Waals surface area contributed by atoms with E-state index in [0.717, 1.165) is 15.3 Å². The van der Waals surface area contributed by atoms with Crippen molar-refractivity contribution >= 4 is 28.8 Å². The fraction of sp³-hybridized carbons (Fsp3) is 0.333. The third kappa shape index (κ3) is 3.76. The lowest BCUT2D eigenvalue weighted by atomic mass is 10.1. The number of anilines is 1. The molecule has 126 valence electrons. The van der Waals surface area contributed by atoms with Crippen LogP contribution in [0.4, 0.5) is 5.69 Å². The van der Waals surface area contributed by atoms with Gasteiger partial charge in [-0.3, -0.25) is 9.59 Å². The van der Waals surface area contributed by atoms with Crippen LogP contribution in [-0.4, -0.2) is 47.8 Å². The Morgan fingerprint density at radius 2 is 1.62 bits per heavy atom. The third-order valence-corrected chi connectivity index (χ3v) is 5.19. The highest BCUT2D eigenvalue weighted by atomic mass is 32.1. The average molecular weight is 343 g/mol. The zero-order valence-electron chi connectivity index (χ0n) is 13.7. The lowest BCUT2D eigenvalue weighted by Crippen LogP contribution is -2.50.